The molecular formula is C12H16BrNO2. The lowest BCUT2D eigenvalue weighted by molar-refractivity contribution is -0.114. The molecule has 0 saturated carbocycles. The van der Waals surface area contributed by atoms with Crippen LogP contribution in [-0.4, -0.2) is 12.5 Å². The second kappa shape index (κ2) is 6.53. The molecule has 1 rings (SSSR count). The van der Waals surface area contributed by atoms with Gasteiger partial charge >= 0.3 is 0 Å². The number of halogens is 1. The van der Waals surface area contributed by atoms with Crippen molar-refractivity contribution in [3.05, 3.63) is 22.7 Å². The molecule has 0 aromatic heterocycles. The highest BCUT2D eigenvalue weighted by Gasteiger charge is 2.03. The third-order valence-corrected chi connectivity index (χ3v) is 2.66. The maximum Gasteiger partial charge on any atom is 0.221 e. The van der Waals surface area contributed by atoms with Crippen molar-refractivity contribution in [3.63, 3.8) is 0 Å². The molecule has 0 atom stereocenters. The molecule has 4 heteroatoms. The Bertz CT molecular complexity index is 366. The van der Waals surface area contributed by atoms with Crippen LogP contribution in [-0.2, 0) is 4.79 Å². The van der Waals surface area contributed by atoms with Gasteiger partial charge in [-0.25, -0.2) is 0 Å². The lowest BCUT2D eigenvalue weighted by Crippen LogP contribution is -2.06. The Morgan fingerprint density at radius 3 is 2.88 bits per heavy atom. The van der Waals surface area contributed by atoms with Crippen LogP contribution in [0, 0.1) is 0 Å². The van der Waals surface area contributed by atoms with Gasteiger partial charge in [-0.2, -0.15) is 0 Å². The van der Waals surface area contributed by atoms with E-state index in [1.165, 1.54) is 6.92 Å². The van der Waals surface area contributed by atoms with Crippen LogP contribution in [0.1, 0.15) is 26.7 Å². The van der Waals surface area contributed by atoms with Crippen LogP contribution in [0.4, 0.5) is 5.69 Å². The monoisotopic (exact) mass is 285 g/mol. The van der Waals surface area contributed by atoms with Gasteiger partial charge in [0.05, 0.1) is 11.1 Å². The molecule has 88 valence electrons. The number of hydrogen-bond acceptors (Lipinski definition) is 2. The van der Waals surface area contributed by atoms with E-state index in [0.717, 1.165) is 28.8 Å². The van der Waals surface area contributed by atoms with Crippen LogP contribution < -0.4 is 10.1 Å². The van der Waals surface area contributed by atoms with Gasteiger partial charge in [-0.1, -0.05) is 13.3 Å². The van der Waals surface area contributed by atoms with Gasteiger partial charge in [0.25, 0.3) is 0 Å². The summed E-state index contributed by atoms with van der Waals surface area (Å²) in [5.41, 5.74) is 0.752. The average molecular weight is 286 g/mol. The number of carbonyl (C=O) groups excluding carboxylic acids is 1. The lowest BCUT2D eigenvalue weighted by atomic mass is 10.3. The number of ether oxygens (including phenoxy) is 1. The van der Waals surface area contributed by atoms with Crippen LogP contribution in [0.3, 0.4) is 0 Å². The smallest absolute Gasteiger partial charge is 0.221 e. The summed E-state index contributed by atoms with van der Waals surface area (Å²) in [5, 5.41) is 2.72. The highest BCUT2D eigenvalue weighted by atomic mass is 79.9. The molecule has 0 radical (unpaired) electrons. The number of benzene rings is 1. The van der Waals surface area contributed by atoms with E-state index in [2.05, 4.69) is 28.2 Å². The number of rotatable bonds is 5. The predicted octanol–water partition coefficient (Wildman–Crippen LogP) is 3.59. The third kappa shape index (κ3) is 4.23. The van der Waals surface area contributed by atoms with Crippen molar-refractivity contribution < 1.29 is 9.53 Å². The molecule has 0 aliphatic heterocycles. The Balaban J connectivity index is 2.70. The van der Waals surface area contributed by atoms with E-state index in [1.54, 1.807) is 0 Å². The Hall–Kier alpha value is -1.03. The third-order valence-electron chi connectivity index (χ3n) is 2.01. The summed E-state index contributed by atoms with van der Waals surface area (Å²) in [6.45, 7) is 4.30. The zero-order chi connectivity index (χ0) is 12.0. The molecular weight excluding hydrogens is 270 g/mol. The van der Waals surface area contributed by atoms with Crippen LogP contribution in [0.5, 0.6) is 5.75 Å². The number of amides is 1. The summed E-state index contributed by atoms with van der Waals surface area (Å²) in [5.74, 6) is 0.682. The van der Waals surface area contributed by atoms with E-state index in [-0.39, 0.29) is 5.91 Å². The topological polar surface area (TPSA) is 38.3 Å². The molecule has 3 nitrogen and oxygen atoms in total. The average Bonchev–Trinajstić information content (AvgIpc) is 2.22. The molecule has 0 fully saturated rings. The largest absolute Gasteiger partial charge is 0.492 e. The maximum atomic E-state index is 10.9. The van der Waals surface area contributed by atoms with Gasteiger partial charge < -0.3 is 10.1 Å². The SMILES string of the molecule is CCCCOc1cc(NC(C)=O)ccc1Br. The van der Waals surface area contributed by atoms with Crippen molar-refractivity contribution in [1.29, 1.82) is 0 Å². The normalized spacial score (nSPS) is 9.94. The summed E-state index contributed by atoms with van der Waals surface area (Å²) in [4.78, 5) is 10.9. The van der Waals surface area contributed by atoms with Gasteiger partial charge in [-0.05, 0) is 34.5 Å². The fraction of sp³-hybridized carbons (Fsp3) is 0.417. The minimum Gasteiger partial charge on any atom is -0.492 e. The summed E-state index contributed by atoms with van der Waals surface area (Å²) >= 11 is 3.41. The maximum absolute atomic E-state index is 10.9. The standard InChI is InChI=1S/C12H16BrNO2/c1-3-4-7-16-12-8-10(14-9(2)15)5-6-11(12)13/h5-6,8H,3-4,7H2,1-2H3,(H,14,15). The van der Waals surface area contributed by atoms with Crippen LogP contribution >= 0.6 is 15.9 Å². The van der Waals surface area contributed by atoms with Crippen LogP contribution in [0.15, 0.2) is 22.7 Å². The molecule has 0 aliphatic carbocycles. The van der Waals surface area contributed by atoms with Gasteiger partial charge in [0.15, 0.2) is 0 Å². The molecule has 0 aliphatic rings. The van der Waals surface area contributed by atoms with Gasteiger partial charge in [0.1, 0.15) is 5.75 Å². The zero-order valence-electron chi connectivity index (χ0n) is 9.55. The number of carbonyl (C=O) groups is 1. The Labute approximate surface area is 104 Å². The first-order chi connectivity index (χ1) is 7.63. The first-order valence-corrected chi connectivity index (χ1v) is 6.12. The van der Waals surface area contributed by atoms with Crippen molar-refractivity contribution in [3.8, 4) is 5.75 Å². The predicted molar refractivity (Wildman–Crippen MR) is 68.8 cm³/mol. The summed E-state index contributed by atoms with van der Waals surface area (Å²) < 4.78 is 6.50. The Morgan fingerprint density at radius 1 is 1.50 bits per heavy atom. The van der Waals surface area contributed by atoms with E-state index in [1.807, 2.05) is 18.2 Å². The van der Waals surface area contributed by atoms with Gasteiger partial charge in [0.2, 0.25) is 5.91 Å². The summed E-state index contributed by atoms with van der Waals surface area (Å²) in [6, 6.07) is 5.52. The van der Waals surface area contributed by atoms with Gasteiger partial charge in [-0.15, -0.1) is 0 Å². The quantitative estimate of drug-likeness (QED) is 0.840. The molecule has 0 bridgehead atoms. The first kappa shape index (κ1) is 13.0. The fourth-order valence-corrected chi connectivity index (χ4v) is 1.58. The Morgan fingerprint density at radius 2 is 2.25 bits per heavy atom. The Kier molecular flexibility index (Phi) is 5.32. The minimum atomic E-state index is -0.0816. The zero-order valence-corrected chi connectivity index (χ0v) is 11.1. The molecule has 0 unspecified atom stereocenters. The second-order valence-corrected chi connectivity index (χ2v) is 4.38. The van der Waals surface area contributed by atoms with E-state index < -0.39 is 0 Å². The number of nitrogens with one attached hydrogen (secondary N) is 1. The summed E-state index contributed by atoms with van der Waals surface area (Å²) in [6.07, 6.45) is 2.12. The van der Waals surface area contributed by atoms with E-state index in [4.69, 9.17) is 4.74 Å². The van der Waals surface area contributed by atoms with Gasteiger partial charge in [-0.3, -0.25) is 4.79 Å². The van der Waals surface area contributed by atoms with Crippen molar-refractivity contribution >= 4 is 27.5 Å². The molecule has 1 aromatic carbocycles. The molecule has 0 heterocycles. The first-order valence-electron chi connectivity index (χ1n) is 5.33. The van der Waals surface area contributed by atoms with Crippen LogP contribution in [0.2, 0.25) is 0 Å². The molecule has 1 aromatic rings. The van der Waals surface area contributed by atoms with Crippen molar-refractivity contribution in [2.45, 2.75) is 26.7 Å². The number of unbranched alkanes of at least 4 members (excludes halogenated alkanes) is 1. The van der Waals surface area contributed by atoms with Crippen LogP contribution in [0.25, 0.3) is 0 Å². The van der Waals surface area contributed by atoms with Gasteiger partial charge in [0, 0.05) is 18.7 Å². The summed E-state index contributed by atoms with van der Waals surface area (Å²) in [7, 11) is 0. The molecule has 1 amide bonds. The minimum absolute atomic E-state index is 0.0816. The fourth-order valence-electron chi connectivity index (χ4n) is 1.22. The highest BCUT2D eigenvalue weighted by molar-refractivity contribution is 9.10. The molecule has 0 spiro atoms. The second-order valence-electron chi connectivity index (χ2n) is 3.53. The number of anilines is 1. The van der Waals surface area contributed by atoms with Crippen molar-refractivity contribution in [1.82, 2.24) is 0 Å². The van der Waals surface area contributed by atoms with Crippen molar-refractivity contribution in [2.24, 2.45) is 0 Å². The molecule has 1 N–H and O–H groups in total. The molecule has 16 heavy (non-hydrogen) atoms. The lowest BCUT2D eigenvalue weighted by Gasteiger charge is -2.09. The van der Waals surface area contributed by atoms with E-state index in [9.17, 15) is 4.79 Å². The van der Waals surface area contributed by atoms with Crippen molar-refractivity contribution in [2.75, 3.05) is 11.9 Å². The number of hydrogen-bond donors (Lipinski definition) is 1. The highest BCUT2D eigenvalue weighted by Crippen LogP contribution is 2.28. The van der Waals surface area contributed by atoms with E-state index >= 15 is 0 Å². The van der Waals surface area contributed by atoms with E-state index in [0.29, 0.717) is 6.61 Å². The molecule has 0 saturated heterocycles.